The molecular formula is C33H43Cl2NO4. The Morgan fingerprint density at radius 2 is 1.25 bits per heavy atom. The van der Waals surface area contributed by atoms with Gasteiger partial charge < -0.3 is 14.4 Å². The number of aryl methyl sites for hydroxylation is 2. The molecule has 5 nitrogen and oxygen atoms in total. The molecule has 1 amide bonds. The fourth-order valence-electron chi connectivity index (χ4n) is 3.77. The predicted octanol–water partition coefficient (Wildman–Crippen LogP) is 8.94. The van der Waals surface area contributed by atoms with Crippen LogP contribution in [0.1, 0.15) is 75.4 Å². The molecule has 2 atom stereocenters. The summed E-state index contributed by atoms with van der Waals surface area (Å²) in [6.07, 6.45) is 0.801. The van der Waals surface area contributed by atoms with E-state index in [0.717, 1.165) is 11.1 Å². The summed E-state index contributed by atoms with van der Waals surface area (Å²) in [7, 11) is 0. The molecule has 0 aromatic heterocycles. The molecule has 0 bridgehead atoms. The Morgan fingerprint density at radius 3 is 1.68 bits per heavy atom. The normalized spacial score (nSPS) is 15.8. The van der Waals surface area contributed by atoms with Gasteiger partial charge in [-0.1, -0.05) is 117 Å². The van der Waals surface area contributed by atoms with E-state index < -0.39 is 18.1 Å². The molecule has 1 saturated heterocycles. The third kappa shape index (κ3) is 11.7. The van der Waals surface area contributed by atoms with Crippen LogP contribution >= 0.6 is 23.2 Å². The third-order valence-corrected chi connectivity index (χ3v) is 6.07. The largest absolute Gasteiger partial charge is 0.465 e. The van der Waals surface area contributed by atoms with Gasteiger partial charge in [0.15, 0.2) is 0 Å². The van der Waals surface area contributed by atoms with Crippen molar-refractivity contribution in [2.45, 2.75) is 67.0 Å². The maximum absolute atomic E-state index is 12.6. The van der Waals surface area contributed by atoms with Crippen molar-refractivity contribution in [2.75, 3.05) is 19.8 Å². The van der Waals surface area contributed by atoms with Gasteiger partial charge in [-0.15, -0.1) is 0 Å². The van der Waals surface area contributed by atoms with Crippen molar-refractivity contribution in [3.8, 4) is 0 Å². The van der Waals surface area contributed by atoms with Crippen LogP contribution < -0.4 is 0 Å². The number of carbonyl (C=O) groups excluding carboxylic acids is 2. The number of benzene rings is 3. The second-order valence-corrected chi connectivity index (χ2v) is 9.84. The highest BCUT2D eigenvalue weighted by Crippen LogP contribution is 2.40. The van der Waals surface area contributed by atoms with Crippen molar-refractivity contribution >= 4 is 35.1 Å². The summed E-state index contributed by atoms with van der Waals surface area (Å²) in [5, 5.41) is 1.19. The Balaban J connectivity index is 0.000000512. The van der Waals surface area contributed by atoms with Crippen LogP contribution in [0.5, 0.6) is 0 Å². The summed E-state index contributed by atoms with van der Waals surface area (Å²) in [4.78, 5) is 26.1. The van der Waals surface area contributed by atoms with Crippen molar-refractivity contribution in [3.05, 3.63) is 105 Å². The molecule has 1 fully saturated rings. The van der Waals surface area contributed by atoms with E-state index in [4.69, 9.17) is 32.7 Å². The van der Waals surface area contributed by atoms with Crippen molar-refractivity contribution in [1.29, 1.82) is 0 Å². The molecule has 4 rings (SSSR count). The maximum Gasteiger partial charge on any atom is 0.325 e. The van der Waals surface area contributed by atoms with Gasteiger partial charge in [-0.25, -0.2) is 0 Å². The lowest BCUT2D eigenvalue weighted by atomic mass is 9.92. The van der Waals surface area contributed by atoms with Gasteiger partial charge in [0.1, 0.15) is 19.3 Å². The van der Waals surface area contributed by atoms with Gasteiger partial charge in [0.05, 0.1) is 12.6 Å². The lowest BCUT2D eigenvalue weighted by molar-refractivity contribution is -0.166. The Morgan fingerprint density at radius 1 is 0.825 bits per heavy atom. The SMILES string of the molecule is CC.CCC.CCOC(=O)CN1C(=O)COC(c2ccc(Cl)cc2)C1c1ccc(Cl)cc1.Cc1ccc(C)cc1. The molecular weight excluding hydrogens is 545 g/mol. The summed E-state index contributed by atoms with van der Waals surface area (Å²) in [6, 6.07) is 22.4. The molecule has 3 aromatic rings. The standard InChI is InChI=1S/C20H19Cl2NO4.C8H10.C3H8.C2H6/c1-2-26-18(25)11-23-17(24)12-27-20(14-5-9-16(22)10-6-14)19(23)13-3-7-15(21)8-4-13;1-7-3-5-8(2)6-4-7;1-3-2;1-2/h3-10,19-20H,2,11-12H2,1H3;3-6H,1-2H3;3H2,1-2H3;1-2H3. The third-order valence-electron chi connectivity index (χ3n) is 5.56. The molecule has 2 unspecified atom stereocenters. The zero-order chi connectivity index (χ0) is 30.1. The number of hydrogen-bond donors (Lipinski definition) is 0. The molecule has 40 heavy (non-hydrogen) atoms. The lowest BCUT2D eigenvalue weighted by Crippen LogP contribution is -2.48. The molecule has 0 saturated carbocycles. The molecule has 0 N–H and O–H groups in total. The predicted molar refractivity (Wildman–Crippen MR) is 166 cm³/mol. The van der Waals surface area contributed by atoms with Crippen LogP contribution in [-0.2, 0) is 19.1 Å². The van der Waals surface area contributed by atoms with Crippen LogP contribution in [0, 0.1) is 13.8 Å². The second kappa shape index (κ2) is 19.3. The number of amides is 1. The zero-order valence-corrected chi connectivity index (χ0v) is 26.3. The first kappa shape index (κ1) is 35.2. The Kier molecular flexibility index (Phi) is 16.9. The molecule has 0 spiro atoms. The first-order valence-electron chi connectivity index (χ1n) is 13.8. The Bertz CT molecular complexity index is 1110. The maximum atomic E-state index is 12.6. The molecule has 218 valence electrons. The van der Waals surface area contributed by atoms with Gasteiger partial charge in [-0.2, -0.15) is 0 Å². The Labute approximate surface area is 250 Å². The molecule has 7 heteroatoms. The zero-order valence-electron chi connectivity index (χ0n) is 24.7. The van der Waals surface area contributed by atoms with E-state index in [0.29, 0.717) is 10.0 Å². The average molecular weight is 589 g/mol. The summed E-state index contributed by atoms with van der Waals surface area (Å²) in [5.74, 6) is -0.727. The lowest BCUT2D eigenvalue weighted by Gasteiger charge is -2.41. The quantitative estimate of drug-likeness (QED) is 0.279. The van der Waals surface area contributed by atoms with E-state index in [1.807, 2.05) is 38.1 Å². The van der Waals surface area contributed by atoms with Gasteiger partial charge in [0, 0.05) is 10.0 Å². The highest BCUT2D eigenvalue weighted by molar-refractivity contribution is 6.30. The number of rotatable bonds is 5. The molecule has 0 radical (unpaired) electrons. The van der Waals surface area contributed by atoms with Gasteiger partial charge in [-0.05, 0) is 56.2 Å². The second-order valence-electron chi connectivity index (χ2n) is 8.97. The van der Waals surface area contributed by atoms with Crippen molar-refractivity contribution < 1.29 is 19.1 Å². The van der Waals surface area contributed by atoms with E-state index in [-0.39, 0.29) is 25.7 Å². The number of hydrogen-bond acceptors (Lipinski definition) is 4. The minimum atomic E-state index is -0.492. The van der Waals surface area contributed by atoms with E-state index in [1.165, 1.54) is 22.4 Å². The minimum Gasteiger partial charge on any atom is -0.465 e. The van der Waals surface area contributed by atoms with Gasteiger partial charge in [0.25, 0.3) is 0 Å². The molecule has 1 aliphatic heterocycles. The summed E-state index contributed by atoms with van der Waals surface area (Å²) in [5.41, 5.74) is 4.34. The first-order valence-corrected chi connectivity index (χ1v) is 14.6. The highest BCUT2D eigenvalue weighted by atomic mass is 35.5. The van der Waals surface area contributed by atoms with E-state index in [9.17, 15) is 9.59 Å². The fourth-order valence-corrected chi connectivity index (χ4v) is 4.02. The van der Waals surface area contributed by atoms with Crippen LogP contribution in [0.25, 0.3) is 0 Å². The number of esters is 1. The van der Waals surface area contributed by atoms with Gasteiger partial charge in [0.2, 0.25) is 5.91 Å². The minimum absolute atomic E-state index is 0.114. The van der Waals surface area contributed by atoms with Crippen molar-refractivity contribution in [3.63, 3.8) is 0 Å². The van der Waals surface area contributed by atoms with E-state index >= 15 is 0 Å². The van der Waals surface area contributed by atoms with Gasteiger partial charge >= 0.3 is 5.97 Å². The molecule has 1 aliphatic rings. The van der Waals surface area contributed by atoms with E-state index in [1.54, 1.807) is 31.2 Å². The summed E-state index contributed by atoms with van der Waals surface area (Å²) in [6.45, 7) is 14.2. The average Bonchev–Trinajstić information content (AvgIpc) is 2.95. The first-order chi connectivity index (χ1) is 19.2. The number of nitrogens with zero attached hydrogens (tertiary/aromatic N) is 1. The number of ether oxygens (including phenoxy) is 2. The topological polar surface area (TPSA) is 55.8 Å². The van der Waals surface area contributed by atoms with Crippen molar-refractivity contribution in [1.82, 2.24) is 4.90 Å². The summed E-state index contributed by atoms with van der Waals surface area (Å²) >= 11 is 12.0. The van der Waals surface area contributed by atoms with Crippen LogP contribution in [0.15, 0.2) is 72.8 Å². The van der Waals surface area contributed by atoms with Crippen LogP contribution in [-0.4, -0.2) is 36.5 Å². The fraction of sp³-hybridized carbons (Fsp3) is 0.394. The number of halogens is 2. The van der Waals surface area contributed by atoms with Crippen LogP contribution in [0.3, 0.4) is 0 Å². The Hall–Kier alpha value is -2.86. The highest BCUT2D eigenvalue weighted by Gasteiger charge is 2.39. The molecule has 0 aliphatic carbocycles. The van der Waals surface area contributed by atoms with Crippen LogP contribution in [0.4, 0.5) is 0 Å². The number of morpholine rings is 1. The summed E-state index contributed by atoms with van der Waals surface area (Å²) < 4.78 is 10.9. The monoisotopic (exact) mass is 587 g/mol. The molecule has 3 aromatic carbocycles. The van der Waals surface area contributed by atoms with E-state index in [2.05, 4.69) is 52.0 Å². The van der Waals surface area contributed by atoms with Crippen LogP contribution in [0.2, 0.25) is 10.0 Å². The van der Waals surface area contributed by atoms with Crippen molar-refractivity contribution in [2.24, 2.45) is 0 Å². The molecule has 1 heterocycles. The van der Waals surface area contributed by atoms with Gasteiger partial charge in [-0.3, -0.25) is 9.59 Å². The smallest absolute Gasteiger partial charge is 0.325 e. The number of carbonyl (C=O) groups is 2.